The van der Waals surface area contributed by atoms with E-state index in [4.69, 9.17) is 14.5 Å². The van der Waals surface area contributed by atoms with E-state index in [2.05, 4.69) is 82.3 Å². The van der Waals surface area contributed by atoms with Crippen LogP contribution in [0, 0.1) is 0 Å². The van der Waals surface area contributed by atoms with Crippen molar-refractivity contribution in [3.63, 3.8) is 0 Å². The van der Waals surface area contributed by atoms with Crippen LogP contribution in [-0.4, -0.2) is 109 Å². The highest BCUT2D eigenvalue weighted by Crippen LogP contribution is 2.41. The van der Waals surface area contributed by atoms with Gasteiger partial charge in [-0.3, -0.25) is 4.90 Å². The Morgan fingerprint density at radius 1 is 0.902 bits per heavy atom. The predicted octanol–water partition coefficient (Wildman–Crippen LogP) is 6.62. The van der Waals surface area contributed by atoms with E-state index in [-0.39, 0.29) is 0 Å². The number of methoxy groups -OCH3 is 1. The lowest BCUT2D eigenvalue weighted by molar-refractivity contribution is 0.0982. The summed E-state index contributed by atoms with van der Waals surface area (Å²) in [6, 6.07) is 11.1. The second-order valence-electron chi connectivity index (χ2n) is 13.5. The SMILES string of the molecule is CCOc1ncc(-c2ccc(Nc3nc(Nc4cc(CC)c(N5CCC(N6CCN(C)CC6)CC5)cc4OC)ncc3Br)c(P(C)(C)=O)c2)cn1. The van der Waals surface area contributed by atoms with Gasteiger partial charge in [0.05, 0.1) is 29.6 Å². The van der Waals surface area contributed by atoms with Gasteiger partial charge in [-0.25, -0.2) is 15.0 Å². The fraction of sp³-hybridized carbons (Fsp3) is 0.459. The number of anilines is 5. The zero-order chi connectivity index (χ0) is 36.1. The first-order valence-electron chi connectivity index (χ1n) is 17.7. The Kier molecular flexibility index (Phi) is 11.8. The smallest absolute Gasteiger partial charge is 0.316 e. The van der Waals surface area contributed by atoms with Gasteiger partial charge in [0.25, 0.3) is 0 Å². The van der Waals surface area contributed by atoms with E-state index < -0.39 is 7.14 Å². The summed E-state index contributed by atoms with van der Waals surface area (Å²) in [5.41, 5.74) is 5.62. The molecule has 51 heavy (non-hydrogen) atoms. The molecule has 0 unspecified atom stereocenters. The Morgan fingerprint density at radius 3 is 2.27 bits per heavy atom. The quantitative estimate of drug-likeness (QED) is 0.151. The van der Waals surface area contributed by atoms with Crippen LogP contribution >= 0.6 is 23.1 Å². The van der Waals surface area contributed by atoms with E-state index >= 15 is 0 Å². The van der Waals surface area contributed by atoms with E-state index in [1.165, 1.54) is 24.1 Å². The Hall–Kier alpha value is -3.77. The van der Waals surface area contributed by atoms with Crippen LogP contribution < -0.4 is 30.3 Å². The van der Waals surface area contributed by atoms with Gasteiger partial charge in [0.1, 0.15) is 18.7 Å². The summed E-state index contributed by atoms with van der Waals surface area (Å²) >= 11 is 3.61. The number of nitrogens with one attached hydrogen (secondary N) is 2. The van der Waals surface area contributed by atoms with Gasteiger partial charge in [-0.1, -0.05) is 13.0 Å². The van der Waals surface area contributed by atoms with Gasteiger partial charge in [-0.15, -0.1) is 0 Å². The normalized spacial score (nSPS) is 16.3. The van der Waals surface area contributed by atoms with Crippen molar-refractivity contribution in [2.45, 2.75) is 39.2 Å². The van der Waals surface area contributed by atoms with Crippen molar-refractivity contribution in [1.29, 1.82) is 0 Å². The fourth-order valence-corrected chi connectivity index (χ4v) is 8.26. The number of benzene rings is 2. The lowest BCUT2D eigenvalue weighted by Gasteiger charge is -2.43. The number of nitrogens with zero attached hydrogens (tertiary/aromatic N) is 7. The molecular weight excluding hydrogens is 729 g/mol. The van der Waals surface area contributed by atoms with Crippen molar-refractivity contribution in [2.75, 3.05) is 88.9 Å². The maximum atomic E-state index is 13.5. The molecule has 0 aliphatic carbocycles. The molecule has 4 aromatic rings. The minimum atomic E-state index is -2.72. The predicted molar refractivity (Wildman–Crippen MR) is 211 cm³/mol. The molecule has 0 amide bonds. The highest BCUT2D eigenvalue weighted by atomic mass is 79.9. The van der Waals surface area contributed by atoms with E-state index in [9.17, 15) is 4.57 Å². The number of piperazine rings is 1. The number of hydrogen-bond acceptors (Lipinski definition) is 12. The minimum Gasteiger partial charge on any atom is -0.494 e. The molecule has 0 radical (unpaired) electrons. The maximum Gasteiger partial charge on any atom is 0.316 e. The van der Waals surface area contributed by atoms with Crippen molar-refractivity contribution >= 4 is 57.2 Å². The molecule has 12 nitrogen and oxygen atoms in total. The van der Waals surface area contributed by atoms with Gasteiger partial charge < -0.3 is 34.5 Å². The molecule has 2 saturated heterocycles. The van der Waals surface area contributed by atoms with Gasteiger partial charge in [-0.05, 0) is 91.8 Å². The zero-order valence-electron chi connectivity index (χ0n) is 30.4. The van der Waals surface area contributed by atoms with E-state index in [0.717, 1.165) is 68.3 Å². The Labute approximate surface area is 309 Å². The van der Waals surface area contributed by atoms with Crippen molar-refractivity contribution < 1.29 is 14.0 Å². The summed E-state index contributed by atoms with van der Waals surface area (Å²) in [5.74, 6) is 1.68. The minimum absolute atomic E-state index is 0.325. The van der Waals surface area contributed by atoms with E-state index in [1.807, 2.05) is 25.1 Å². The highest BCUT2D eigenvalue weighted by molar-refractivity contribution is 9.10. The molecule has 2 N–H and O–H groups in total. The number of rotatable bonds is 12. The molecular formula is C37H49BrN9O3P. The van der Waals surface area contributed by atoms with Crippen LogP contribution in [-0.2, 0) is 11.0 Å². The van der Waals surface area contributed by atoms with Gasteiger partial charge in [0.2, 0.25) is 5.95 Å². The van der Waals surface area contributed by atoms with Crippen LogP contribution in [0.1, 0.15) is 32.3 Å². The molecule has 0 spiro atoms. The zero-order valence-corrected chi connectivity index (χ0v) is 32.9. The first-order chi connectivity index (χ1) is 24.6. The molecule has 4 heterocycles. The largest absolute Gasteiger partial charge is 0.494 e. The number of halogens is 1. The molecule has 0 atom stereocenters. The number of ether oxygens (including phenoxy) is 2. The van der Waals surface area contributed by atoms with Crippen LogP contribution in [0.15, 0.2) is 53.4 Å². The Bertz CT molecular complexity index is 1860. The third kappa shape index (κ3) is 8.83. The number of hydrogen-bond donors (Lipinski definition) is 2. The van der Waals surface area contributed by atoms with Gasteiger partial charge in [0, 0.05) is 86.5 Å². The number of piperidine rings is 1. The summed E-state index contributed by atoms with van der Waals surface area (Å²) in [6.45, 7) is 14.8. The second-order valence-corrected chi connectivity index (χ2v) is 17.5. The summed E-state index contributed by atoms with van der Waals surface area (Å²) in [6.07, 6.45) is 8.35. The standard InChI is InChI=1S/C37H49BrN9O3P/c1-7-25-19-31(33(49-4)21-32(25)47-13-11-28(12-14-47)46-17-15-45(3)16-18-46)43-36-39-24-29(38)35(44-36)42-30-10-9-26(20-34(30)51(5,6)48)27-22-40-37(41-23-27)50-8-2/h9-10,19-24,28H,7-8,11-18H2,1-6H3,(H2,39,42,43,44). The third-order valence-corrected chi connectivity index (χ3v) is 11.8. The molecule has 2 aromatic heterocycles. The summed E-state index contributed by atoms with van der Waals surface area (Å²) in [5, 5.41) is 7.50. The first kappa shape index (κ1) is 37.0. The molecule has 2 fully saturated rings. The van der Waals surface area contributed by atoms with E-state index in [0.29, 0.717) is 45.9 Å². The van der Waals surface area contributed by atoms with Gasteiger partial charge in [-0.2, -0.15) is 4.98 Å². The van der Waals surface area contributed by atoms with Crippen LogP contribution in [0.2, 0.25) is 0 Å². The second kappa shape index (κ2) is 16.3. The molecule has 0 saturated carbocycles. The Balaban J connectivity index is 1.20. The molecule has 14 heteroatoms. The molecule has 2 aromatic carbocycles. The average molecular weight is 779 g/mol. The molecule has 272 valence electrons. The monoisotopic (exact) mass is 777 g/mol. The lowest BCUT2D eigenvalue weighted by Crippen LogP contribution is -2.52. The molecule has 2 aliphatic heterocycles. The van der Waals surface area contributed by atoms with Crippen LogP contribution in [0.4, 0.5) is 28.8 Å². The fourth-order valence-electron chi connectivity index (χ4n) is 6.81. The summed E-state index contributed by atoms with van der Waals surface area (Å²) < 4.78 is 25.5. The molecule has 6 rings (SSSR count). The summed E-state index contributed by atoms with van der Waals surface area (Å²) in [7, 11) is 1.19. The van der Waals surface area contributed by atoms with Crippen LogP contribution in [0.5, 0.6) is 11.8 Å². The highest BCUT2D eigenvalue weighted by Gasteiger charge is 2.28. The van der Waals surface area contributed by atoms with E-state index in [1.54, 1.807) is 39.0 Å². The number of likely N-dealkylation sites (N-methyl/N-ethyl adjacent to an activating group) is 1. The third-order valence-electron chi connectivity index (χ3n) is 9.70. The average Bonchev–Trinajstić information content (AvgIpc) is 3.13. The number of aromatic nitrogens is 4. The van der Waals surface area contributed by atoms with Crippen molar-refractivity contribution in [3.05, 3.63) is 59.0 Å². The van der Waals surface area contributed by atoms with Crippen molar-refractivity contribution in [2.24, 2.45) is 0 Å². The molecule has 0 bridgehead atoms. The number of aryl methyl sites for hydroxylation is 1. The van der Waals surface area contributed by atoms with Crippen molar-refractivity contribution in [1.82, 2.24) is 29.7 Å². The van der Waals surface area contributed by atoms with Crippen LogP contribution in [0.25, 0.3) is 11.1 Å². The molecule has 2 aliphatic rings. The summed E-state index contributed by atoms with van der Waals surface area (Å²) in [4.78, 5) is 25.6. The van der Waals surface area contributed by atoms with Crippen molar-refractivity contribution in [3.8, 4) is 22.9 Å². The lowest BCUT2D eigenvalue weighted by atomic mass is 9.99. The Morgan fingerprint density at radius 2 is 1.63 bits per heavy atom. The maximum absolute atomic E-state index is 13.5. The van der Waals surface area contributed by atoms with Gasteiger partial charge >= 0.3 is 6.01 Å². The first-order valence-corrected chi connectivity index (χ1v) is 21.1. The van der Waals surface area contributed by atoms with Crippen LogP contribution in [0.3, 0.4) is 0 Å². The topological polar surface area (TPSA) is 121 Å². The van der Waals surface area contributed by atoms with Gasteiger partial charge in [0.15, 0.2) is 0 Å².